The van der Waals surface area contributed by atoms with Gasteiger partial charge >= 0.3 is 0 Å². The molecule has 1 fully saturated rings. The Bertz CT molecular complexity index is 1160. The Balaban J connectivity index is 1.67. The molecule has 0 aliphatic carbocycles. The smallest absolute Gasteiger partial charge is 0.255 e. The fraction of sp³-hybridized carbons (Fsp3) is 0.130. The number of para-hydroxylation sites is 1. The van der Waals surface area contributed by atoms with Crippen LogP contribution in [-0.4, -0.2) is 24.7 Å². The molecule has 1 aliphatic rings. The van der Waals surface area contributed by atoms with Crippen LogP contribution in [-0.2, 0) is 4.79 Å². The molecule has 1 heterocycles. The van der Waals surface area contributed by atoms with Crippen LogP contribution in [0.5, 0.6) is 5.75 Å². The normalized spacial score (nSPS) is 15.8. The fourth-order valence-electron chi connectivity index (χ4n) is 3.38. The molecule has 3 aromatic rings. The van der Waals surface area contributed by atoms with Crippen molar-refractivity contribution in [1.82, 2.24) is 0 Å². The summed E-state index contributed by atoms with van der Waals surface area (Å²) in [6.45, 7) is 0. The summed E-state index contributed by atoms with van der Waals surface area (Å²) < 4.78 is 33.0. The molecule has 0 bridgehead atoms. The Morgan fingerprint density at radius 2 is 1.90 bits per heavy atom. The Labute approximate surface area is 182 Å². The summed E-state index contributed by atoms with van der Waals surface area (Å²) in [6, 6.07) is 16.9. The zero-order valence-corrected chi connectivity index (χ0v) is 17.3. The van der Waals surface area contributed by atoms with Crippen molar-refractivity contribution in [1.29, 1.82) is 0 Å². The van der Waals surface area contributed by atoms with E-state index in [1.54, 1.807) is 48.5 Å². The molecule has 1 atom stereocenters. The van der Waals surface area contributed by atoms with Crippen LogP contribution in [0.2, 0.25) is 0 Å². The van der Waals surface area contributed by atoms with Crippen LogP contribution in [0.3, 0.4) is 0 Å². The molecule has 8 heteroatoms. The average Bonchev–Trinajstić information content (AvgIpc) is 3.15. The lowest BCUT2D eigenvalue weighted by Crippen LogP contribution is -2.29. The molecule has 4 rings (SSSR count). The van der Waals surface area contributed by atoms with Crippen molar-refractivity contribution in [2.75, 3.05) is 23.1 Å². The maximum Gasteiger partial charge on any atom is 0.255 e. The summed E-state index contributed by atoms with van der Waals surface area (Å²) >= 11 is 1.31. The van der Waals surface area contributed by atoms with E-state index in [4.69, 9.17) is 4.74 Å². The van der Waals surface area contributed by atoms with Gasteiger partial charge in [-0.3, -0.25) is 14.5 Å². The quantitative estimate of drug-likeness (QED) is 0.606. The molecule has 0 radical (unpaired) electrons. The molecular formula is C23H18F2N2O3S. The second kappa shape index (κ2) is 8.77. The number of benzene rings is 3. The van der Waals surface area contributed by atoms with Crippen molar-refractivity contribution in [3.63, 3.8) is 0 Å². The van der Waals surface area contributed by atoms with E-state index in [2.05, 4.69) is 5.32 Å². The Kier molecular flexibility index (Phi) is 5.90. The summed E-state index contributed by atoms with van der Waals surface area (Å²) in [6.07, 6.45) is 0. The van der Waals surface area contributed by atoms with E-state index in [-0.39, 0.29) is 23.3 Å². The summed E-state index contributed by atoms with van der Waals surface area (Å²) in [5, 5.41) is 2.29. The zero-order valence-electron chi connectivity index (χ0n) is 16.5. The highest BCUT2D eigenvalue weighted by atomic mass is 32.2. The lowest BCUT2D eigenvalue weighted by Gasteiger charge is -2.26. The van der Waals surface area contributed by atoms with Gasteiger partial charge in [-0.05, 0) is 36.4 Å². The van der Waals surface area contributed by atoms with Gasteiger partial charge in [0.25, 0.3) is 5.91 Å². The van der Waals surface area contributed by atoms with Gasteiger partial charge in [-0.2, -0.15) is 0 Å². The Morgan fingerprint density at radius 1 is 1.10 bits per heavy atom. The number of carbonyl (C=O) groups is 2. The number of hydrogen-bond acceptors (Lipinski definition) is 4. The molecular weight excluding hydrogens is 422 g/mol. The predicted octanol–water partition coefficient (Wildman–Crippen LogP) is 5.00. The number of thioether (sulfide) groups is 1. The first kappa shape index (κ1) is 20.9. The third kappa shape index (κ3) is 4.25. The van der Waals surface area contributed by atoms with Gasteiger partial charge in [0.15, 0.2) is 0 Å². The molecule has 31 heavy (non-hydrogen) atoms. The van der Waals surface area contributed by atoms with Gasteiger partial charge in [-0.1, -0.05) is 24.3 Å². The van der Waals surface area contributed by atoms with E-state index in [0.29, 0.717) is 22.6 Å². The monoisotopic (exact) mass is 440 g/mol. The summed E-state index contributed by atoms with van der Waals surface area (Å²) in [5.41, 5.74) is 1.54. The van der Waals surface area contributed by atoms with Crippen molar-refractivity contribution in [3.8, 4) is 5.75 Å². The molecule has 158 valence electrons. The number of nitrogens with one attached hydrogen (secondary N) is 1. The first-order valence-electron chi connectivity index (χ1n) is 9.41. The highest BCUT2D eigenvalue weighted by Crippen LogP contribution is 2.45. The number of carbonyl (C=O) groups excluding carboxylic acids is 2. The van der Waals surface area contributed by atoms with E-state index in [1.807, 2.05) is 0 Å². The second-order valence-corrected chi connectivity index (χ2v) is 7.86. The van der Waals surface area contributed by atoms with E-state index >= 15 is 0 Å². The van der Waals surface area contributed by atoms with Crippen molar-refractivity contribution in [2.24, 2.45) is 0 Å². The van der Waals surface area contributed by atoms with Gasteiger partial charge in [-0.25, -0.2) is 8.78 Å². The van der Waals surface area contributed by atoms with Gasteiger partial charge < -0.3 is 10.1 Å². The lowest BCUT2D eigenvalue weighted by molar-refractivity contribution is -0.115. The zero-order chi connectivity index (χ0) is 22.0. The van der Waals surface area contributed by atoms with Crippen LogP contribution in [0, 0.1) is 11.6 Å². The van der Waals surface area contributed by atoms with Crippen LogP contribution in [0.1, 0.15) is 21.3 Å². The van der Waals surface area contributed by atoms with E-state index in [0.717, 1.165) is 12.1 Å². The Hall–Kier alpha value is -3.39. The number of hydrogen-bond donors (Lipinski definition) is 1. The van der Waals surface area contributed by atoms with E-state index < -0.39 is 17.0 Å². The van der Waals surface area contributed by atoms with Crippen LogP contribution < -0.4 is 15.0 Å². The lowest BCUT2D eigenvalue weighted by atomic mass is 10.1. The minimum atomic E-state index is -0.821. The minimum absolute atomic E-state index is 0.00433. The maximum absolute atomic E-state index is 14.4. The molecule has 3 aromatic carbocycles. The minimum Gasteiger partial charge on any atom is -0.497 e. The molecule has 2 amide bonds. The summed E-state index contributed by atoms with van der Waals surface area (Å²) in [7, 11) is 1.52. The molecule has 1 unspecified atom stereocenters. The number of ether oxygens (including phenoxy) is 1. The number of methoxy groups -OCH3 is 1. The SMILES string of the molecule is COc1cccc(C(=O)Nc2ccccc2C2SCC(=O)N2c2ccc(F)cc2F)c1. The van der Waals surface area contributed by atoms with Gasteiger partial charge in [0, 0.05) is 22.9 Å². The van der Waals surface area contributed by atoms with E-state index in [1.165, 1.54) is 29.8 Å². The number of amides is 2. The molecule has 1 N–H and O–H groups in total. The van der Waals surface area contributed by atoms with Crippen molar-refractivity contribution >= 4 is 35.0 Å². The van der Waals surface area contributed by atoms with Crippen molar-refractivity contribution in [2.45, 2.75) is 5.37 Å². The van der Waals surface area contributed by atoms with Gasteiger partial charge in [0.2, 0.25) is 5.91 Å². The second-order valence-electron chi connectivity index (χ2n) is 6.80. The standard InChI is InChI=1S/C23H18F2N2O3S/c1-30-16-6-4-5-14(11-16)22(29)26-19-8-3-2-7-17(19)23-27(21(28)13-31-23)20-10-9-15(24)12-18(20)25/h2-12,23H,13H2,1H3,(H,26,29). The van der Waals surface area contributed by atoms with Gasteiger partial charge in [0.1, 0.15) is 22.8 Å². The summed E-state index contributed by atoms with van der Waals surface area (Å²) in [4.78, 5) is 26.7. The first-order valence-corrected chi connectivity index (χ1v) is 10.5. The molecule has 0 aromatic heterocycles. The van der Waals surface area contributed by atoms with Crippen LogP contribution >= 0.6 is 11.8 Å². The third-order valence-electron chi connectivity index (χ3n) is 4.84. The third-order valence-corrected chi connectivity index (χ3v) is 6.04. The molecule has 1 aliphatic heterocycles. The molecule has 0 saturated carbocycles. The molecule has 5 nitrogen and oxygen atoms in total. The number of halogens is 2. The molecule has 0 spiro atoms. The van der Waals surface area contributed by atoms with Gasteiger partial charge in [0.05, 0.1) is 18.6 Å². The number of anilines is 2. The van der Waals surface area contributed by atoms with Crippen LogP contribution in [0.15, 0.2) is 66.7 Å². The number of rotatable bonds is 5. The van der Waals surface area contributed by atoms with Crippen molar-refractivity contribution < 1.29 is 23.1 Å². The maximum atomic E-state index is 14.4. The van der Waals surface area contributed by atoms with Crippen LogP contribution in [0.25, 0.3) is 0 Å². The highest BCUT2D eigenvalue weighted by molar-refractivity contribution is 8.00. The molecule has 1 saturated heterocycles. The predicted molar refractivity (Wildman–Crippen MR) is 116 cm³/mol. The first-order chi connectivity index (χ1) is 15.0. The van der Waals surface area contributed by atoms with Gasteiger partial charge in [-0.15, -0.1) is 11.8 Å². The summed E-state index contributed by atoms with van der Waals surface area (Å²) in [5.74, 6) is -1.49. The average molecular weight is 440 g/mol. The largest absolute Gasteiger partial charge is 0.497 e. The highest BCUT2D eigenvalue weighted by Gasteiger charge is 2.37. The Morgan fingerprint density at radius 3 is 2.68 bits per heavy atom. The van der Waals surface area contributed by atoms with Crippen LogP contribution in [0.4, 0.5) is 20.2 Å². The van der Waals surface area contributed by atoms with Crippen molar-refractivity contribution in [3.05, 3.63) is 89.5 Å². The number of nitrogens with zero attached hydrogens (tertiary/aromatic N) is 1. The topological polar surface area (TPSA) is 58.6 Å². The fourth-order valence-corrected chi connectivity index (χ4v) is 4.58. The van der Waals surface area contributed by atoms with E-state index in [9.17, 15) is 18.4 Å².